The maximum absolute atomic E-state index is 11.8. The van der Waals surface area contributed by atoms with Gasteiger partial charge in [-0.15, -0.1) is 0 Å². The second-order valence-electron chi connectivity index (χ2n) is 5.38. The van der Waals surface area contributed by atoms with Gasteiger partial charge in [-0.3, -0.25) is 0 Å². The van der Waals surface area contributed by atoms with Crippen molar-refractivity contribution in [3.63, 3.8) is 0 Å². The Morgan fingerprint density at radius 2 is 2.35 bits per heavy atom. The molecule has 17 heavy (non-hydrogen) atoms. The third-order valence-corrected chi connectivity index (χ3v) is 2.69. The lowest BCUT2D eigenvalue weighted by molar-refractivity contribution is 0.0536. The van der Waals surface area contributed by atoms with Crippen LogP contribution in [0.15, 0.2) is 12.5 Å². The first-order valence-electron chi connectivity index (χ1n) is 5.94. The molecular weight excluding hydrogens is 218 g/mol. The Kier molecular flexibility index (Phi) is 3.19. The molecule has 1 aliphatic rings. The number of rotatable bonds is 1. The fraction of sp³-hybridized carbons (Fsp3) is 0.667. The molecule has 1 aliphatic heterocycles. The first kappa shape index (κ1) is 12.1. The van der Waals surface area contributed by atoms with E-state index in [1.54, 1.807) is 6.20 Å². The van der Waals surface area contributed by atoms with Crippen LogP contribution in [0.1, 0.15) is 38.8 Å². The number of carbonyl (C=O) groups excluding carboxylic acids is 1. The van der Waals surface area contributed by atoms with E-state index in [1.807, 2.05) is 20.8 Å². The molecule has 0 saturated carbocycles. The van der Waals surface area contributed by atoms with Crippen molar-refractivity contribution in [2.24, 2.45) is 0 Å². The largest absolute Gasteiger partial charge is 0.443 e. The summed E-state index contributed by atoms with van der Waals surface area (Å²) in [5, 5.41) is 3.28. The van der Waals surface area contributed by atoms with Gasteiger partial charge >= 0.3 is 6.09 Å². The van der Waals surface area contributed by atoms with Crippen molar-refractivity contribution in [2.45, 2.75) is 38.7 Å². The molecule has 94 valence electrons. The molecule has 0 aromatic carbocycles. The third-order valence-electron chi connectivity index (χ3n) is 2.69. The van der Waals surface area contributed by atoms with Crippen LogP contribution in [-0.4, -0.2) is 34.3 Å². The van der Waals surface area contributed by atoms with Crippen LogP contribution >= 0.6 is 0 Å². The van der Waals surface area contributed by atoms with E-state index >= 15 is 0 Å². The Balaban J connectivity index is 2.04. The van der Waals surface area contributed by atoms with E-state index in [0.29, 0.717) is 5.92 Å². The fourth-order valence-electron chi connectivity index (χ4n) is 1.87. The molecule has 0 amide bonds. The highest BCUT2D eigenvalue weighted by atomic mass is 16.6. The molecular formula is C12H19N3O2. The highest BCUT2D eigenvalue weighted by Gasteiger charge is 2.22. The number of nitrogens with zero attached hydrogens (tertiary/aromatic N) is 2. The Morgan fingerprint density at radius 3 is 2.94 bits per heavy atom. The number of ether oxygens (including phenoxy) is 1. The molecule has 5 heteroatoms. The van der Waals surface area contributed by atoms with E-state index in [1.165, 1.54) is 10.9 Å². The van der Waals surface area contributed by atoms with Crippen molar-refractivity contribution in [1.82, 2.24) is 14.9 Å². The van der Waals surface area contributed by atoms with E-state index in [2.05, 4.69) is 10.3 Å². The summed E-state index contributed by atoms with van der Waals surface area (Å²) in [5.41, 5.74) is 0.483. The van der Waals surface area contributed by atoms with Crippen LogP contribution in [-0.2, 0) is 4.74 Å². The van der Waals surface area contributed by atoms with Gasteiger partial charge in [0.1, 0.15) is 11.9 Å². The van der Waals surface area contributed by atoms with Gasteiger partial charge < -0.3 is 10.1 Å². The molecule has 0 bridgehead atoms. The van der Waals surface area contributed by atoms with Crippen LogP contribution in [0.4, 0.5) is 4.79 Å². The summed E-state index contributed by atoms with van der Waals surface area (Å²) in [6, 6.07) is 0. The second-order valence-corrected chi connectivity index (χ2v) is 5.38. The maximum atomic E-state index is 11.8. The van der Waals surface area contributed by atoms with Crippen LogP contribution in [0, 0.1) is 0 Å². The maximum Gasteiger partial charge on any atom is 0.419 e. The summed E-state index contributed by atoms with van der Waals surface area (Å²) in [6.45, 7) is 7.51. The molecule has 1 atom stereocenters. The summed E-state index contributed by atoms with van der Waals surface area (Å²) < 4.78 is 6.68. The summed E-state index contributed by atoms with van der Waals surface area (Å²) >= 11 is 0. The highest BCUT2D eigenvalue weighted by molar-refractivity contribution is 5.70. The topological polar surface area (TPSA) is 56.2 Å². The standard InChI is InChI=1S/C12H19N3O2/c1-12(2,3)17-11(16)15-7-10(14-8-15)9-4-5-13-6-9/h7-9,13H,4-6H2,1-3H3. The van der Waals surface area contributed by atoms with Crippen molar-refractivity contribution in [3.8, 4) is 0 Å². The number of nitrogens with one attached hydrogen (secondary N) is 1. The number of aromatic nitrogens is 2. The summed E-state index contributed by atoms with van der Waals surface area (Å²) in [5.74, 6) is 0.415. The van der Waals surface area contributed by atoms with E-state index in [-0.39, 0.29) is 6.09 Å². The molecule has 0 spiro atoms. The number of carbonyl (C=O) groups is 1. The van der Waals surface area contributed by atoms with Gasteiger partial charge in [-0.2, -0.15) is 0 Å². The quantitative estimate of drug-likeness (QED) is 0.808. The van der Waals surface area contributed by atoms with Gasteiger partial charge in [0.05, 0.1) is 5.69 Å². The molecule has 1 fully saturated rings. The summed E-state index contributed by atoms with van der Waals surface area (Å²) in [4.78, 5) is 16.0. The summed E-state index contributed by atoms with van der Waals surface area (Å²) in [6.07, 6.45) is 4.00. The SMILES string of the molecule is CC(C)(C)OC(=O)n1cnc(C2CCNC2)c1. The van der Waals surface area contributed by atoms with E-state index in [4.69, 9.17) is 4.74 Å². The molecule has 2 heterocycles. The molecule has 1 N–H and O–H groups in total. The monoisotopic (exact) mass is 237 g/mol. The Hall–Kier alpha value is -1.36. The van der Waals surface area contributed by atoms with Crippen molar-refractivity contribution in [1.29, 1.82) is 0 Å². The number of imidazole rings is 1. The zero-order valence-corrected chi connectivity index (χ0v) is 10.6. The minimum atomic E-state index is -0.476. The normalized spacial score (nSPS) is 20.5. The van der Waals surface area contributed by atoms with Crippen molar-refractivity contribution in [2.75, 3.05) is 13.1 Å². The molecule has 1 aromatic rings. The smallest absolute Gasteiger partial charge is 0.419 e. The van der Waals surface area contributed by atoms with Crippen molar-refractivity contribution in [3.05, 3.63) is 18.2 Å². The van der Waals surface area contributed by atoms with E-state index in [0.717, 1.165) is 25.2 Å². The minimum absolute atomic E-state index is 0.373. The van der Waals surface area contributed by atoms with Gasteiger partial charge in [0.25, 0.3) is 0 Å². The average molecular weight is 237 g/mol. The lowest BCUT2D eigenvalue weighted by atomic mass is 10.1. The van der Waals surface area contributed by atoms with E-state index < -0.39 is 5.60 Å². The molecule has 1 saturated heterocycles. The molecule has 5 nitrogen and oxygen atoms in total. The Bertz CT molecular complexity index is 400. The third kappa shape index (κ3) is 3.06. The van der Waals surface area contributed by atoms with Crippen LogP contribution in [0.3, 0.4) is 0 Å². The molecule has 1 aromatic heterocycles. The van der Waals surface area contributed by atoms with Gasteiger partial charge in [0, 0.05) is 18.7 Å². The first-order chi connectivity index (χ1) is 7.96. The van der Waals surface area contributed by atoms with Gasteiger partial charge in [-0.1, -0.05) is 0 Å². The molecule has 2 rings (SSSR count). The Labute approximate surface area is 101 Å². The molecule has 0 aliphatic carbocycles. The van der Waals surface area contributed by atoms with Crippen LogP contribution < -0.4 is 5.32 Å². The average Bonchev–Trinajstić information content (AvgIpc) is 2.86. The zero-order valence-electron chi connectivity index (χ0n) is 10.6. The minimum Gasteiger partial charge on any atom is -0.443 e. The lowest BCUT2D eigenvalue weighted by Crippen LogP contribution is -2.26. The van der Waals surface area contributed by atoms with Gasteiger partial charge in [0.2, 0.25) is 0 Å². The van der Waals surface area contributed by atoms with Gasteiger partial charge in [0.15, 0.2) is 0 Å². The second kappa shape index (κ2) is 4.49. The Morgan fingerprint density at radius 1 is 1.59 bits per heavy atom. The summed E-state index contributed by atoms with van der Waals surface area (Å²) in [7, 11) is 0. The first-order valence-corrected chi connectivity index (χ1v) is 5.94. The van der Waals surface area contributed by atoms with Crippen LogP contribution in [0.2, 0.25) is 0 Å². The highest BCUT2D eigenvalue weighted by Crippen LogP contribution is 2.20. The fourth-order valence-corrected chi connectivity index (χ4v) is 1.87. The zero-order chi connectivity index (χ0) is 12.5. The van der Waals surface area contributed by atoms with Crippen LogP contribution in [0.25, 0.3) is 0 Å². The number of hydrogen-bond donors (Lipinski definition) is 1. The van der Waals surface area contributed by atoms with E-state index in [9.17, 15) is 4.79 Å². The van der Waals surface area contributed by atoms with Crippen molar-refractivity contribution < 1.29 is 9.53 Å². The predicted molar refractivity (Wildman–Crippen MR) is 64.1 cm³/mol. The van der Waals surface area contributed by atoms with Crippen LogP contribution in [0.5, 0.6) is 0 Å². The number of hydrogen-bond acceptors (Lipinski definition) is 4. The lowest BCUT2D eigenvalue weighted by Gasteiger charge is -2.19. The molecule has 1 unspecified atom stereocenters. The molecule has 0 radical (unpaired) electrons. The predicted octanol–water partition coefficient (Wildman–Crippen LogP) is 1.74. The van der Waals surface area contributed by atoms with Gasteiger partial charge in [-0.25, -0.2) is 14.3 Å². The van der Waals surface area contributed by atoms with Gasteiger partial charge in [-0.05, 0) is 33.7 Å². The van der Waals surface area contributed by atoms with Crippen molar-refractivity contribution >= 4 is 6.09 Å².